The van der Waals surface area contributed by atoms with Crippen LogP contribution in [0.25, 0.3) is 11.0 Å². The lowest BCUT2D eigenvalue weighted by molar-refractivity contribution is 0.0764. The lowest BCUT2D eigenvalue weighted by atomic mass is 10.2. The van der Waals surface area contributed by atoms with Gasteiger partial charge in [0.05, 0.1) is 0 Å². The second kappa shape index (κ2) is 7.84. The minimum atomic E-state index is -0.803. The Labute approximate surface area is 160 Å². The van der Waals surface area contributed by atoms with Gasteiger partial charge in [-0.05, 0) is 23.3 Å². The third-order valence-electron chi connectivity index (χ3n) is 4.28. The van der Waals surface area contributed by atoms with Gasteiger partial charge in [0.1, 0.15) is 24.2 Å². The first kappa shape index (κ1) is 17.6. The van der Waals surface area contributed by atoms with Gasteiger partial charge in [0.2, 0.25) is 0 Å². The summed E-state index contributed by atoms with van der Waals surface area (Å²) in [4.78, 5) is 36.7. The van der Waals surface area contributed by atoms with E-state index in [1.807, 2.05) is 60.7 Å². The predicted molar refractivity (Wildman–Crippen MR) is 106 cm³/mol. The molecule has 3 aromatic carbocycles. The molecular formula is C22H18N2O4. The van der Waals surface area contributed by atoms with Gasteiger partial charge in [0, 0.05) is 0 Å². The van der Waals surface area contributed by atoms with Crippen LogP contribution in [0.4, 0.5) is 0 Å². The van der Waals surface area contributed by atoms with Crippen LogP contribution in [0.1, 0.15) is 11.1 Å². The van der Waals surface area contributed by atoms with Gasteiger partial charge in [-0.15, -0.1) is 9.46 Å². The molecule has 0 saturated heterocycles. The van der Waals surface area contributed by atoms with Crippen molar-refractivity contribution < 1.29 is 9.68 Å². The first-order chi connectivity index (χ1) is 13.7. The highest BCUT2D eigenvalue weighted by Gasteiger charge is 2.15. The van der Waals surface area contributed by atoms with Gasteiger partial charge >= 0.3 is 11.1 Å². The van der Waals surface area contributed by atoms with E-state index in [-0.39, 0.29) is 13.2 Å². The number of hydrogen-bond donors (Lipinski definition) is 0. The van der Waals surface area contributed by atoms with Crippen LogP contribution in [0.15, 0.2) is 94.5 Å². The van der Waals surface area contributed by atoms with Crippen molar-refractivity contribution in [3.63, 3.8) is 0 Å². The molecule has 0 radical (unpaired) electrons. The zero-order valence-electron chi connectivity index (χ0n) is 15.0. The molecule has 0 amide bonds. The normalized spacial score (nSPS) is 10.7. The molecule has 0 unspecified atom stereocenters. The van der Waals surface area contributed by atoms with Crippen LogP contribution in [-0.4, -0.2) is 9.46 Å². The highest BCUT2D eigenvalue weighted by atomic mass is 16.7. The number of para-hydroxylation sites is 2. The van der Waals surface area contributed by atoms with Crippen molar-refractivity contribution >= 4 is 11.0 Å². The van der Waals surface area contributed by atoms with Crippen LogP contribution in [0.5, 0.6) is 0 Å². The number of nitrogens with zero attached hydrogens (tertiary/aromatic N) is 2. The molecule has 0 saturated carbocycles. The Morgan fingerprint density at radius 3 is 1.29 bits per heavy atom. The van der Waals surface area contributed by atoms with Crippen molar-refractivity contribution in [2.24, 2.45) is 0 Å². The molecule has 28 heavy (non-hydrogen) atoms. The molecule has 0 aliphatic rings. The Balaban J connectivity index is 1.71. The van der Waals surface area contributed by atoms with E-state index in [0.717, 1.165) is 20.6 Å². The first-order valence-corrected chi connectivity index (χ1v) is 8.85. The summed E-state index contributed by atoms with van der Waals surface area (Å²) >= 11 is 0. The fraction of sp³-hybridized carbons (Fsp3) is 0.0909. The maximum Gasteiger partial charge on any atom is 0.352 e. The summed E-state index contributed by atoms with van der Waals surface area (Å²) < 4.78 is 2.07. The second-order valence-corrected chi connectivity index (χ2v) is 6.21. The summed E-state index contributed by atoms with van der Waals surface area (Å²) in [6.07, 6.45) is 0. The van der Waals surface area contributed by atoms with Crippen LogP contribution in [0.3, 0.4) is 0 Å². The van der Waals surface area contributed by atoms with Crippen LogP contribution in [0, 0.1) is 0 Å². The summed E-state index contributed by atoms with van der Waals surface area (Å²) in [5.41, 5.74) is 1.09. The van der Waals surface area contributed by atoms with E-state index in [2.05, 4.69) is 0 Å². The maximum atomic E-state index is 12.7. The Morgan fingerprint density at radius 2 is 0.893 bits per heavy atom. The molecule has 140 valence electrons. The topological polar surface area (TPSA) is 62.5 Å². The van der Waals surface area contributed by atoms with Gasteiger partial charge in [-0.1, -0.05) is 72.8 Å². The van der Waals surface area contributed by atoms with Gasteiger partial charge in [-0.25, -0.2) is 0 Å². The molecule has 0 N–H and O–H groups in total. The summed E-state index contributed by atoms with van der Waals surface area (Å²) in [5, 5.41) is 0. The van der Waals surface area contributed by atoms with Crippen LogP contribution < -0.4 is 20.8 Å². The van der Waals surface area contributed by atoms with Gasteiger partial charge < -0.3 is 9.68 Å². The zero-order valence-corrected chi connectivity index (χ0v) is 15.0. The Hall–Kier alpha value is -3.80. The van der Waals surface area contributed by atoms with E-state index in [1.54, 1.807) is 24.3 Å². The van der Waals surface area contributed by atoms with Crippen molar-refractivity contribution in [2.45, 2.75) is 13.2 Å². The average Bonchev–Trinajstić information content (AvgIpc) is 2.75. The summed E-state index contributed by atoms with van der Waals surface area (Å²) in [6.45, 7) is 0.331. The highest BCUT2D eigenvalue weighted by Crippen LogP contribution is 2.10. The van der Waals surface area contributed by atoms with Gasteiger partial charge in [-0.2, -0.15) is 0 Å². The van der Waals surface area contributed by atoms with Crippen LogP contribution in [0.2, 0.25) is 0 Å². The van der Waals surface area contributed by atoms with E-state index < -0.39 is 11.1 Å². The lowest BCUT2D eigenvalue weighted by Gasteiger charge is -2.15. The van der Waals surface area contributed by atoms with E-state index >= 15 is 0 Å². The minimum Gasteiger partial charge on any atom is -0.405 e. The number of hydrogen-bond acceptors (Lipinski definition) is 4. The quantitative estimate of drug-likeness (QED) is 0.486. The zero-order chi connectivity index (χ0) is 19.3. The average molecular weight is 374 g/mol. The van der Waals surface area contributed by atoms with Gasteiger partial charge in [-0.3, -0.25) is 9.59 Å². The molecule has 6 nitrogen and oxygen atoms in total. The maximum absolute atomic E-state index is 12.7. The second-order valence-electron chi connectivity index (χ2n) is 6.21. The smallest absolute Gasteiger partial charge is 0.352 e. The van der Waals surface area contributed by atoms with E-state index in [1.165, 1.54) is 0 Å². The van der Waals surface area contributed by atoms with E-state index in [9.17, 15) is 9.59 Å². The summed E-state index contributed by atoms with van der Waals surface area (Å²) in [5.74, 6) is 0. The third kappa shape index (κ3) is 3.53. The molecule has 4 rings (SSSR count). The van der Waals surface area contributed by atoms with Gasteiger partial charge in [0.15, 0.2) is 0 Å². The Kier molecular flexibility index (Phi) is 4.93. The van der Waals surface area contributed by atoms with Crippen molar-refractivity contribution in [1.29, 1.82) is 0 Å². The number of fused-ring (bicyclic) bond motifs is 1. The van der Waals surface area contributed by atoms with Crippen molar-refractivity contribution in [1.82, 2.24) is 9.46 Å². The SMILES string of the molecule is O=c1c(=O)n(OCc2ccccc2)c2ccccc2n1OCc1ccccc1. The van der Waals surface area contributed by atoms with Crippen molar-refractivity contribution in [2.75, 3.05) is 0 Å². The molecule has 1 aromatic heterocycles. The van der Waals surface area contributed by atoms with Crippen LogP contribution >= 0.6 is 0 Å². The summed E-state index contributed by atoms with van der Waals surface area (Å²) in [6, 6.07) is 25.9. The Morgan fingerprint density at radius 1 is 0.536 bits per heavy atom. The number of rotatable bonds is 6. The predicted octanol–water partition coefficient (Wildman–Crippen LogP) is 2.42. The minimum absolute atomic E-state index is 0.166. The molecule has 0 aliphatic heterocycles. The molecule has 6 heteroatoms. The molecule has 0 spiro atoms. The summed E-state index contributed by atoms with van der Waals surface area (Å²) in [7, 11) is 0. The highest BCUT2D eigenvalue weighted by molar-refractivity contribution is 5.74. The van der Waals surface area contributed by atoms with Gasteiger partial charge in [0.25, 0.3) is 0 Å². The Bertz CT molecular complexity index is 1100. The largest absolute Gasteiger partial charge is 0.405 e. The molecule has 0 bridgehead atoms. The monoisotopic (exact) mass is 374 g/mol. The third-order valence-corrected chi connectivity index (χ3v) is 4.28. The molecule has 0 fully saturated rings. The fourth-order valence-corrected chi connectivity index (χ4v) is 2.88. The van der Waals surface area contributed by atoms with Crippen LogP contribution in [-0.2, 0) is 13.2 Å². The van der Waals surface area contributed by atoms with Crippen molar-refractivity contribution in [3.8, 4) is 0 Å². The molecule has 0 atom stereocenters. The number of aromatic nitrogens is 2. The standard InChI is InChI=1S/C22H18N2O4/c25-21-22(26)24(28-16-18-11-5-2-6-12-18)20-14-8-7-13-19(20)23(21)27-15-17-9-3-1-4-10-17/h1-14H,15-16H2. The fourth-order valence-electron chi connectivity index (χ4n) is 2.88. The van der Waals surface area contributed by atoms with Crippen molar-refractivity contribution in [3.05, 3.63) is 117 Å². The van der Waals surface area contributed by atoms with E-state index in [0.29, 0.717) is 11.0 Å². The first-order valence-electron chi connectivity index (χ1n) is 8.85. The molecule has 1 heterocycles. The van der Waals surface area contributed by atoms with E-state index in [4.69, 9.17) is 9.68 Å². The number of benzene rings is 3. The molecule has 0 aliphatic carbocycles. The molecule has 4 aromatic rings. The molecular weight excluding hydrogens is 356 g/mol. The lowest BCUT2D eigenvalue weighted by Crippen LogP contribution is -2.45.